The van der Waals surface area contributed by atoms with E-state index in [0.717, 1.165) is 38.5 Å². The normalized spacial score (nSPS) is 14.3. The number of rotatable bonds is 38. The van der Waals surface area contributed by atoms with Crippen molar-refractivity contribution in [3.8, 4) is 0 Å². The average molecular weight is 747 g/mol. The van der Waals surface area contributed by atoms with Gasteiger partial charge in [0.2, 0.25) is 0 Å². The van der Waals surface area contributed by atoms with Crippen LogP contribution in [0.1, 0.15) is 195 Å². The van der Waals surface area contributed by atoms with Crippen LogP contribution in [-0.4, -0.2) is 74.9 Å². The monoisotopic (exact) mass is 747 g/mol. The number of carbonyl (C=O) groups is 2. The van der Waals surface area contributed by atoms with E-state index in [1.165, 1.54) is 128 Å². The Morgan fingerprint density at radius 2 is 0.922 bits per heavy atom. The van der Waals surface area contributed by atoms with Gasteiger partial charge in [0.05, 0.1) is 39.6 Å². The van der Waals surface area contributed by atoms with Crippen LogP contribution in [0.25, 0.3) is 0 Å². The standard InChI is InChI=1S/C42H85NO7P/c1-8-10-12-14-16-18-20-22-24-26-28-30-32-38(3)41(44)47-36-40(37-49-51(46)48-35-34-43(5,6)7)50-42(45)39(4)33-31-29-27-25-23-21-19-17-15-13-11-9-2/h38-40,46H,8-37H2,1-7H3/q+1. The minimum absolute atomic E-state index is 0.0932. The van der Waals surface area contributed by atoms with E-state index in [-0.39, 0.29) is 37.0 Å². The second-order valence-corrected chi connectivity index (χ2v) is 17.2. The van der Waals surface area contributed by atoms with E-state index in [4.69, 9.17) is 18.5 Å². The van der Waals surface area contributed by atoms with Crippen molar-refractivity contribution in [1.82, 2.24) is 0 Å². The van der Waals surface area contributed by atoms with E-state index in [1.807, 2.05) is 35.0 Å². The highest BCUT2D eigenvalue weighted by Crippen LogP contribution is 2.33. The maximum absolute atomic E-state index is 13.0. The molecule has 4 atom stereocenters. The summed E-state index contributed by atoms with van der Waals surface area (Å²) in [6.07, 6.45) is 31.5. The van der Waals surface area contributed by atoms with E-state index in [2.05, 4.69) is 13.8 Å². The van der Waals surface area contributed by atoms with Gasteiger partial charge in [-0.15, -0.1) is 0 Å². The van der Waals surface area contributed by atoms with Gasteiger partial charge in [-0.1, -0.05) is 182 Å². The Morgan fingerprint density at radius 3 is 1.31 bits per heavy atom. The number of carbonyl (C=O) groups excluding carboxylic acids is 2. The molecule has 0 rings (SSSR count). The predicted molar refractivity (Wildman–Crippen MR) is 214 cm³/mol. The van der Waals surface area contributed by atoms with Gasteiger partial charge in [0, 0.05) is 0 Å². The molecule has 51 heavy (non-hydrogen) atoms. The fourth-order valence-corrected chi connectivity index (χ4v) is 6.72. The molecule has 304 valence electrons. The largest absolute Gasteiger partial charge is 0.461 e. The van der Waals surface area contributed by atoms with Crippen LogP contribution in [0.4, 0.5) is 0 Å². The summed E-state index contributed by atoms with van der Waals surface area (Å²) in [6, 6.07) is 0. The van der Waals surface area contributed by atoms with E-state index in [0.29, 0.717) is 17.6 Å². The van der Waals surface area contributed by atoms with Gasteiger partial charge in [-0.2, -0.15) is 0 Å². The third-order valence-corrected chi connectivity index (χ3v) is 10.6. The Hall–Kier alpha value is -0.790. The Kier molecular flexibility index (Phi) is 34.4. The first kappa shape index (κ1) is 50.2. The maximum Gasteiger partial charge on any atom is 0.330 e. The summed E-state index contributed by atoms with van der Waals surface area (Å²) in [7, 11) is 4.01. The molecule has 0 aromatic carbocycles. The lowest BCUT2D eigenvalue weighted by Gasteiger charge is -2.24. The van der Waals surface area contributed by atoms with Crippen molar-refractivity contribution in [2.75, 3.05) is 47.5 Å². The zero-order valence-corrected chi connectivity index (χ0v) is 35.6. The first-order chi connectivity index (χ1) is 24.5. The van der Waals surface area contributed by atoms with Crippen molar-refractivity contribution in [3.05, 3.63) is 0 Å². The Morgan fingerprint density at radius 1 is 0.549 bits per heavy atom. The first-order valence-corrected chi connectivity index (χ1v) is 22.6. The SMILES string of the molecule is CCCCCCCCCCCCCCC(C)C(=O)OCC(COP(O)OCC[N+](C)(C)C)OC(=O)C(C)CCCCCCCCCCCCCC. The molecule has 0 spiro atoms. The Bertz CT molecular complexity index is 794. The molecule has 0 aliphatic carbocycles. The number of unbranched alkanes of at least 4 members (excludes halogenated alkanes) is 22. The number of hydrogen-bond donors (Lipinski definition) is 1. The fourth-order valence-electron chi connectivity index (χ4n) is 6.11. The third-order valence-electron chi connectivity index (χ3n) is 9.82. The molecule has 0 saturated carbocycles. The smallest absolute Gasteiger partial charge is 0.330 e. The van der Waals surface area contributed by atoms with Crippen molar-refractivity contribution in [3.63, 3.8) is 0 Å². The summed E-state index contributed by atoms with van der Waals surface area (Å²) >= 11 is 0. The number of ether oxygens (including phenoxy) is 2. The molecule has 0 heterocycles. The van der Waals surface area contributed by atoms with E-state index in [9.17, 15) is 14.5 Å². The van der Waals surface area contributed by atoms with Crippen molar-refractivity contribution in [1.29, 1.82) is 0 Å². The first-order valence-electron chi connectivity index (χ1n) is 21.4. The van der Waals surface area contributed by atoms with E-state index < -0.39 is 14.7 Å². The van der Waals surface area contributed by atoms with Gasteiger partial charge >= 0.3 is 20.5 Å². The molecule has 0 aromatic rings. The summed E-state index contributed by atoms with van der Waals surface area (Å²) in [5.41, 5.74) is 0. The minimum atomic E-state index is -2.13. The van der Waals surface area contributed by atoms with Gasteiger partial charge in [-0.3, -0.25) is 9.59 Å². The number of hydrogen-bond acceptors (Lipinski definition) is 7. The highest BCUT2D eigenvalue weighted by molar-refractivity contribution is 7.40. The number of likely N-dealkylation sites (N-methyl/N-ethyl adjacent to an activating group) is 1. The van der Waals surface area contributed by atoms with Crippen LogP contribution < -0.4 is 0 Å². The molecular weight excluding hydrogens is 661 g/mol. The van der Waals surface area contributed by atoms with Gasteiger partial charge in [-0.25, -0.2) is 0 Å². The zero-order chi connectivity index (χ0) is 38.0. The van der Waals surface area contributed by atoms with Crippen LogP contribution in [0, 0.1) is 11.8 Å². The van der Waals surface area contributed by atoms with Crippen LogP contribution in [0.5, 0.6) is 0 Å². The minimum Gasteiger partial charge on any atom is -0.461 e. The molecule has 0 saturated heterocycles. The van der Waals surface area contributed by atoms with Crippen LogP contribution >= 0.6 is 8.60 Å². The Labute approximate surface area is 317 Å². The van der Waals surface area contributed by atoms with Crippen LogP contribution in [0.3, 0.4) is 0 Å². The quantitative estimate of drug-likeness (QED) is 0.0291. The molecular formula is C42H85NO7P+. The molecule has 8 nitrogen and oxygen atoms in total. The molecule has 0 aromatic heterocycles. The van der Waals surface area contributed by atoms with Crippen molar-refractivity contribution in [2.24, 2.45) is 11.8 Å². The van der Waals surface area contributed by atoms with Gasteiger partial charge in [0.15, 0.2) is 6.10 Å². The summed E-state index contributed by atoms with van der Waals surface area (Å²) in [5.74, 6) is -1.08. The lowest BCUT2D eigenvalue weighted by atomic mass is 10.0. The number of nitrogens with zero attached hydrogens (tertiary/aromatic N) is 1. The van der Waals surface area contributed by atoms with Crippen molar-refractivity contribution in [2.45, 2.75) is 201 Å². The molecule has 1 N–H and O–H groups in total. The van der Waals surface area contributed by atoms with Gasteiger partial charge < -0.3 is 27.9 Å². The fraction of sp³-hybridized carbons (Fsp3) is 0.952. The number of quaternary nitrogens is 1. The lowest BCUT2D eigenvalue weighted by molar-refractivity contribution is -0.870. The van der Waals surface area contributed by atoms with Gasteiger partial charge in [0.25, 0.3) is 0 Å². The molecule has 0 aliphatic rings. The second kappa shape index (κ2) is 34.9. The molecule has 0 bridgehead atoms. The van der Waals surface area contributed by atoms with Gasteiger partial charge in [-0.05, 0) is 12.8 Å². The molecule has 4 unspecified atom stereocenters. The van der Waals surface area contributed by atoms with E-state index >= 15 is 0 Å². The molecule has 0 radical (unpaired) electrons. The molecule has 0 amide bonds. The summed E-state index contributed by atoms with van der Waals surface area (Å²) < 4.78 is 23.1. The van der Waals surface area contributed by atoms with Crippen LogP contribution in [0.15, 0.2) is 0 Å². The van der Waals surface area contributed by atoms with Crippen molar-refractivity contribution >= 4 is 20.5 Å². The van der Waals surface area contributed by atoms with Gasteiger partial charge in [0.1, 0.15) is 19.8 Å². The topological polar surface area (TPSA) is 91.3 Å². The average Bonchev–Trinajstić information content (AvgIpc) is 3.09. The lowest BCUT2D eigenvalue weighted by Crippen LogP contribution is -2.37. The zero-order valence-electron chi connectivity index (χ0n) is 34.7. The maximum atomic E-state index is 13.0. The third kappa shape index (κ3) is 34.7. The summed E-state index contributed by atoms with van der Waals surface area (Å²) in [4.78, 5) is 36.1. The summed E-state index contributed by atoms with van der Waals surface area (Å²) in [5, 5.41) is 0. The van der Waals surface area contributed by atoms with Crippen LogP contribution in [-0.2, 0) is 28.1 Å². The predicted octanol–water partition coefficient (Wildman–Crippen LogP) is 11.9. The summed E-state index contributed by atoms with van der Waals surface area (Å²) in [6.45, 7) is 9.20. The molecule has 0 aliphatic heterocycles. The highest BCUT2D eigenvalue weighted by Gasteiger charge is 2.25. The molecule has 0 fully saturated rings. The second-order valence-electron chi connectivity index (χ2n) is 16.2. The van der Waals surface area contributed by atoms with Crippen LogP contribution in [0.2, 0.25) is 0 Å². The number of esters is 2. The molecule has 9 heteroatoms. The van der Waals surface area contributed by atoms with Crippen molar-refractivity contribution < 1.29 is 37.5 Å². The highest BCUT2D eigenvalue weighted by atomic mass is 31.2. The Balaban J connectivity index is 4.50. The van der Waals surface area contributed by atoms with E-state index in [1.54, 1.807) is 0 Å².